The standard InChI is InChI=1S/C27H22N4O2.C2H4O.H2O.H2/c28-14-19-11-22(13-23(17-1-2-17)27(19)33-21-8-9-21)32-20-6-3-16(4-7-20)18-5-10-24-25(12-18)31-26(29)15-30-24;1-2-3;;/h3-7,10-13,15,17,21H,1-2,8-9H2,(H2,29,31);2H,1H3;1H2;1H. The lowest BCUT2D eigenvalue weighted by atomic mass is 10.0. The number of aromatic nitrogens is 2. The van der Waals surface area contributed by atoms with E-state index in [4.69, 9.17) is 20.0 Å². The molecule has 2 saturated carbocycles. The van der Waals surface area contributed by atoms with Gasteiger partial charge in [-0.3, -0.25) is 4.98 Å². The van der Waals surface area contributed by atoms with Crippen molar-refractivity contribution in [2.45, 2.75) is 44.6 Å². The zero-order valence-corrected chi connectivity index (χ0v) is 20.5. The van der Waals surface area contributed by atoms with E-state index >= 15 is 0 Å². The predicted molar refractivity (Wildman–Crippen MR) is 144 cm³/mol. The first-order valence-electron chi connectivity index (χ1n) is 12.0. The number of hydrogen-bond acceptors (Lipinski definition) is 7. The van der Waals surface area contributed by atoms with Crippen molar-refractivity contribution in [1.82, 2.24) is 9.97 Å². The molecule has 0 bridgehead atoms. The van der Waals surface area contributed by atoms with Crippen LogP contribution in [0, 0.1) is 11.3 Å². The van der Waals surface area contributed by atoms with Gasteiger partial charge in [0.2, 0.25) is 0 Å². The number of anilines is 1. The van der Waals surface area contributed by atoms with Crippen molar-refractivity contribution in [2.75, 3.05) is 5.73 Å². The molecule has 1 aromatic heterocycles. The van der Waals surface area contributed by atoms with Gasteiger partial charge in [0.1, 0.15) is 35.4 Å². The maximum absolute atomic E-state index is 9.72. The van der Waals surface area contributed by atoms with Gasteiger partial charge < -0.3 is 25.5 Å². The average molecular weight is 499 g/mol. The second kappa shape index (κ2) is 11.1. The van der Waals surface area contributed by atoms with Gasteiger partial charge in [-0.05, 0) is 80.0 Å². The maximum Gasteiger partial charge on any atom is 0.142 e. The number of rotatable bonds is 6. The monoisotopic (exact) mass is 498 g/mol. The Kier molecular flexibility index (Phi) is 7.66. The molecule has 190 valence electrons. The molecule has 3 aromatic carbocycles. The van der Waals surface area contributed by atoms with Gasteiger partial charge in [-0.2, -0.15) is 5.26 Å². The number of nitrogen functional groups attached to an aromatic ring is 1. The number of fused-ring (bicyclic) bond motifs is 1. The van der Waals surface area contributed by atoms with E-state index in [0.29, 0.717) is 28.8 Å². The lowest BCUT2D eigenvalue weighted by Crippen LogP contribution is -2.02. The highest BCUT2D eigenvalue weighted by Crippen LogP contribution is 2.48. The van der Waals surface area contributed by atoms with Gasteiger partial charge in [0.05, 0.1) is 28.9 Å². The Morgan fingerprint density at radius 2 is 1.70 bits per heavy atom. The van der Waals surface area contributed by atoms with Crippen LogP contribution < -0.4 is 15.2 Å². The van der Waals surface area contributed by atoms with E-state index in [0.717, 1.165) is 65.4 Å². The van der Waals surface area contributed by atoms with Gasteiger partial charge in [0.25, 0.3) is 0 Å². The quantitative estimate of drug-likeness (QED) is 0.341. The van der Waals surface area contributed by atoms with E-state index in [1.54, 1.807) is 12.3 Å². The summed E-state index contributed by atoms with van der Waals surface area (Å²) in [6.45, 7) is 1.44. The molecule has 0 atom stereocenters. The molecule has 8 heteroatoms. The highest BCUT2D eigenvalue weighted by atomic mass is 16.5. The molecule has 0 unspecified atom stereocenters. The van der Waals surface area contributed by atoms with E-state index < -0.39 is 0 Å². The summed E-state index contributed by atoms with van der Waals surface area (Å²) in [5, 5.41) is 9.72. The van der Waals surface area contributed by atoms with Crippen molar-refractivity contribution < 1.29 is 21.2 Å². The number of carbonyl (C=O) groups is 1. The van der Waals surface area contributed by atoms with Crippen molar-refractivity contribution in [3.05, 3.63) is 71.9 Å². The zero-order chi connectivity index (χ0) is 25.1. The number of aldehydes is 1. The summed E-state index contributed by atoms with van der Waals surface area (Å²) in [5.74, 6) is 3.00. The van der Waals surface area contributed by atoms with E-state index in [-0.39, 0.29) is 13.0 Å². The van der Waals surface area contributed by atoms with Crippen molar-refractivity contribution in [3.63, 3.8) is 0 Å². The zero-order valence-electron chi connectivity index (χ0n) is 20.5. The second-order valence-electron chi connectivity index (χ2n) is 8.95. The molecule has 0 spiro atoms. The normalized spacial score (nSPS) is 13.9. The van der Waals surface area contributed by atoms with E-state index in [1.165, 1.54) is 6.92 Å². The van der Waals surface area contributed by atoms with Crippen molar-refractivity contribution in [1.29, 1.82) is 5.26 Å². The Balaban J connectivity index is 0.000000766. The average Bonchev–Trinajstić information content (AvgIpc) is 3.80. The minimum absolute atomic E-state index is 0. The van der Waals surface area contributed by atoms with Crippen molar-refractivity contribution in [2.24, 2.45) is 0 Å². The summed E-state index contributed by atoms with van der Waals surface area (Å²) in [6, 6.07) is 19.9. The first-order valence-corrected chi connectivity index (χ1v) is 12.0. The SMILES string of the molecule is CC=O.N#Cc1cc(Oc2ccc(-c3ccc4ncc(N)nc4c3)cc2)cc(C2CC2)c1OC1CC1.O.[HH]. The summed E-state index contributed by atoms with van der Waals surface area (Å²) in [5.41, 5.74) is 11.1. The molecule has 2 aliphatic carbocycles. The Morgan fingerprint density at radius 1 is 1.00 bits per heavy atom. The molecule has 8 nitrogen and oxygen atoms in total. The predicted octanol–water partition coefficient (Wildman–Crippen LogP) is 5.59. The topological polar surface area (TPSA) is 143 Å². The lowest BCUT2D eigenvalue weighted by molar-refractivity contribution is -0.106. The smallest absolute Gasteiger partial charge is 0.142 e. The third kappa shape index (κ3) is 6.02. The number of benzene rings is 3. The van der Waals surface area contributed by atoms with Crippen molar-refractivity contribution >= 4 is 23.1 Å². The van der Waals surface area contributed by atoms with Gasteiger partial charge in [-0.15, -0.1) is 0 Å². The highest BCUT2D eigenvalue weighted by Gasteiger charge is 2.32. The van der Waals surface area contributed by atoms with Crippen LogP contribution >= 0.6 is 0 Å². The largest absolute Gasteiger partial charge is 0.489 e. The lowest BCUT2D eigenvalue weighted by Gasteiger charge is -2.15. The molecule has 4 aromatic rings. The number of nitrogens with zero attached hydrogens (tertiary/aromatic N) is 3. The van der Waals surface area contributed by atoms with Crippen LogP contribution in [0.1, 0.15) is 51.1 Å². The molecule has 0 amide bonds. The van der Waals surface area contributed by atoms with Crippen LogP contribution in [0.3, 0.4) is 0 Å². The van der Waals surface area contributed by atoms with Gasteiger partial charge in [-0.1, -0.05) is 18.2 Å². The van der Waals surface area contributed by atoms with Crippen LogP contribution in [0.15, 0.2) is 60.8 Å². The number of hydrogen-bond donors (Lipinski definition) is 1. The van der Waals surface area contributed by atoms with E-state index in [1.807, 2.05) is 48.5 Å². The summed E-state index contributed by atoms with van der Waals surface area (Å²) in [4.78, 5) is 17.5. The molecule has 0 aliphatic heterocycles. The molecule has 1 heterocycles. The first-order chi connectivity index (χ1) is 17.6. The van der Waals surface area contributed by atoms with Gasteiger partial charge in [0.15, 0.2) is 0 Å². The number of nitriles is 1. The molecule has 2 aliphatic rings. The van der Waals surface area contributed by atoms with Crippen LogP contribution in [0.2, 0.25) is 0 Å². The molecule has 4 N–H and O–H groups in total. The van der Waals surface area contributed by atoms with Crippen LogP contribution in [0.4, 0.5) is 5.82 Å². The molecule has 37 heavy (non-hydrogen) atoms. The van der Waals surface area contributed by atoms with Crippen LogP contribution in [0.5, 0.6) is 17.2 Å². The Hall–Kier alpha value is -4.48. The molecule has 6 rings (SSSR count). The van der Waals surface area contributed by atoms with Gasteiger partial charge >= 0.3 is 0 Å². The highest BCUT2D eigenvalue weighted by molar-refractivity contribution is 5.82. The first kappa shape index (κ1) is 25.6. The van der Waals surface area contributed by atoms with E-state index in [2.05, 4.69) is 16.0 Å². The molecular weight excluding hydrogens is 468 g/mol. The fourth-order valence-electron chi connectivity index (χ4n) is 4.00. The number of ether oxygens (including phenoxy) is 2. The van der Waals surface area contributed by atoms with Gasteiger partial charge in [0, 0.05) is 13.1 Å². The van der Waals surface area contributed by atoms with Crippen molar-refractivity contribution in [3.8, 4) is 34.4 Å². The summed E-state index contributed by atoms with van der Waals surface area (Å²) in [6.07, 6.45) is 6.96. The summed E-state index contributed by atoms with van der Waals surface area (Å²) in [7, 11) is 0. The van der Waals surface area contributed by atoms with Crippen LogP contribution in [-0.2, 0) is 4.79 Å². The van der Waals surface area contributed by atoms with Crippen LogP contribution in [0.25, 0.3) is 22.2 Å². The number of carbonyl (C=O) groups excluding carboxylic acids is 1. The minimum atomic E-state index is 0. The molecule has 0 saturated heterocycles. The maximum atomic E-state index is 9.72. The van der Waals surface area contributed by atoms with Gasteiger partial charge in [-0.25, -0.2) is 4.98 Å². The van der Waals surface area contributed by atoms with Crippen LogP contribution in [-0.4, -0.2) is 27.8 Å². The molecule has 0 radical (unpaired) electrons. The third-order valence-corrected chi connectivity index (χ3v) is 6.02. The Morgan fingerprint density at radius 3 is 2.35 bits per heavy atom. The molecule has 2 fully saturated rings. The summed E-state index contributed by atoms with van der Waals surface area (Å²) < 4.78 is 12.2. The Bertz CT molecular complexity index is 1460. The Labute approximate surface area is 216 Å². The van der Waals surface area contributed by atoms with E-state index in [9.17, 15) is 5.26 Å². The fraction of sp³-hybridized carbons (Fsp3) is 0.241. The fourth-order valence-corrected chi connectivity index (χ4v) is 4.00. The second-order valence-corrected chi connectivity index (χ2v) is 8.95. The molecular formula is C29H30N4O4. The number of nitrogens with two attached hydrogens (primary N) is 1. The third-order valence-electron chi connectivity index (χ3n) is 6.02. The summed E-state index contributed by atoms with van der Waals surface area (Å²) >= 11 is 0. The minimum Gasteiger partial charge on any atom is -0.489 e.